The molecular formula is C14H16N2. The molecule has 0 fully saturated rings. The molecule has 0 unspecified atom stereocenters. The lowest BCUT2D eigenvalue weighted by Crippen LogP contribution is -2.01. The van der Waals surface area contributed by atoms with Crippen LogP contribution in [-0.4, -0.2) is 4.98 Å². The van der Waals surface area contributed by atoms with Crippen molar-refractivity contribution in [1.29, 1.82) is 0 Å². The van der Waals surface area contributed by atoms with Crippen LogP contribution in [0.1, 0.15) is 16.8 Å². The highest BCUT2D eigenvalue weighted by Crippen LogP contribution is 2.11. The summed E-state index contributed by atoms with van der Waals surface area (Å²) < 4.78 is 0. The van der Waals surface area contributed by atoms with E-state index in [2.05, 4.69) is 47.6 Å². The van der Waals surface area contributed by atoms with Gasteiger partial charge in [-0.1, -0.05) is 24.3 Å². The third-order valence-electron chi connectivity index (χ3n) is 2.66. The molecule has 0 aliphatic heterocycles. The summed E-state index contributed by atoms with van der Waals surface area (Å²) in [6.07, 6.45) is 1.87. The van der Waals surface area contributed by atoms with E-state index in [0.29, 0.717) is 0 Å². The second-order valence-corrected chi connectivity index (χ2v) is 3.97. The van der Waals surface area contributed by atoms with Crippen molar-refractivity contribution in [3.05, 3.63) is 59.4 Å². The van der Waals surface area contributed by atoms with E-state index in [1.807, 2.05) is 19.2 Å². The predicted octanol–water partition coefficient (Wildman–Crippen LogP) is 3.31. The SMILES string of the molecule is Cc1ccc(NCc2ccccc2C)cn1. The van der Waals surface area contributed by atoms with Gasteiger partial charge in [0.2, 0.25) is 0 Å². The summed E-state index contributed by atoms with van der Waals surface area (Å²) in [6, 6.07) is 12.5. The van der Waals surface area contributed by atoms with Crippen LogP contribution in [0.2, 0.25) is 0 Å². The zero-order valence-corrected chi connectivity index (χ0v) is 9.70. The van der Waals surface area contributed by atoms with Crippen molar-refractivity contribution in [2.45, 2.75) is 20.4 Å². The highest BCUT2D eigenvalue weighted by Gasteiger charge is 1.97. The van der Waals surface area contributed by atoms with E-state index < -0.39 is 0 Å². The summed E-state index contributed by atoms with van der Waals surface area (Å²) >= 11 is 0. The lowest BCUT2D eigenvalue weighted by atomic mass is 10.1. The van der Waals surface area contributed by atoms with E-state index in [1.54, 1.807) is 0 Å². The first-order chi connectivity index (χ1) is 7.75. The Hall–Kier alpha value is -1.83. The Morgan fingerprint density at radius 3 is 2.56 bits per heavy atom. The van der Waals surface area contributed by atoms with Crippen molar-refractivity contribution < 1.29 is 0 Å². The third kappa shape index (κ3) is 2.60. The summed E-state index contributed by atoms with van der Waals surface area (Å²) in [7, 11) is 0. The molecule has 0 amide bonds. The number of rotatable bonds is 3. The van der Waals surface area contributed by atoms with Gasteiger partial charge in [-0.15, -0.1) is 0 Å². The molecule has 1 heterocycles. The number of aromatic nitrogens is 1. The molecular weight excluding hydrogens is 196 g/mol. The van der Waals surface area contributed by atoms with Crippen LogP contribution in [0, 0.1) is 13.8 Å². The van der Waals surface area contributed by atoms with Crippen LogP contribution in [0.25, 0.3) is 0 Å². The van der Waals surface area contributed by atoms with Gasteiger partial charge >= 0.3 is 0 Å². The van der Waals surface area contributed by atoms with E-state index in [4.69, 9.17) is 0 Å². The van der Waals surface area contributed by atoms with Gasteiger partial charge in [0.05, 0.1) is 11.9 Å². The summed E-state index contributed by atoms with van der Waals surface area (Å²) in [4.78, 5) is 4.25. The second-order valence-electron chi connectivity index (χ2n) is 3.97. The number of aryl methyl sites for hydroxylation is 2. The van der Waals surface area contributed by atoms with Gasteiger partial charge in [0.1, 0.15) is 0 Å². The van der Waals surface area contributed by atoms with Gasteiger partial charge in [0.25, 0.3) is 0 Å². The molecule has 0 bridgehead atoms. The summed E-state index contributed by atoms with van der Waals surface area (Å²) in [6.45, 7) is 4.97. The van der Waals surface area contributed by atoms with Crippen LogP contribution in [0.3, 0.4) is 0 Å². The Labute approximate surface area is 96.4 Å². The molecule has 0 aliphatic rings. The quantitative estimate of drug-likeness (QED) is 0.844. The van der Waals surface area contributed by atoms with Crippen LogP contribution in [0.4, 0.5) is 5.69 Å². The molecule has 0 saturated carbocycles. The number of hydrogen-bond acceptors (Lipinski definition) is 2. The molecule has 1 aromatic carbocycles. The fraction of sp³-hybridized carbons (Fsp3) is 0.214. The second kappa shape index (κ2) is 4.79. The average Bonchev–Trinajstić information content (AvgIpc) is 2.30. The average molecular weight is 212 g/mol. The molecule has 1 N–H and O–H groups in total. The molecule has 82 valence electrons. The summed E-state index contributed by atoms with van der Waals surface area (Å²) in [5.41, 5.74) is 4.74. The minimum atomic E-state index is 0.845. The van der Waals surface area contributed by atoms with E-state index in [1.165, 1.54) is 11.1 Å². The molecule has 16 heavy (non-hydrogen) atoms. The van der Waals surface area contributed by atoms with Crippen molar-refractivity contribution in [2.75, 3.05) is 5.32 Å². The van der Waals surface area contributed by atoms with Crippen molar-refractivity contribution in [3.8, 4) is 0 Å². The fourth-order valence-corrected chi connectivity index (χ4v) is 1.58. The molecule has 0 atom stereocenters. The fourth-order valence-electron chi connectivity index (χ4n) is 1.58. The van der Waals surface area contributed by atoms with E-state index in [9.17, 15) is 0 Å². The molecule has 2 heteroatoms. The standard InChI is InChI=1S/C14H16N2/c1-11-5-3-4-6-13(11)9-16-14-8-7-12(2)15-10-14/h3-8,10,16H,9H2,1-2H3. The van der Waals surface area contributed by atoms with Gasteiger partial charge in [-0.25, -0.2) is 0 Å². The van der Waals surface area contributed by atoms with Crippen molar-refractivity contribution in [2.24, 2.45) is 0 Å². The predicted molar refractivity (Wildman–Crippen MR) is 67.5 cm³/mol. The summed E-state index contributed by atoms with van der Waals surface area (Å²) in [5.74, 6) is 0. The summed E-state index contributed by atoms with van der Waals surface area (Å²) in [5, 5.41) is 3.37. The number of nitrogens with zero attached hydrogens (tertiary/aromatic N) is 1. The van der Waals surface area contributed by atoms with Crippen molar-refractivity contribution in [1.82, 2.24) is 4.98 Å². The van der Waals surface area contributed by atoms with E-state index in [0.717, 1.165) is 17.9 Å². The van der Waals surface area contributed by atoms with Gasteiger partial charge in [-0.2, -0.15) is 0 Å². The lowest BCUT2D eigenvalue weighted by Gasteiger charge is -2.08. The molecule has 2 aromatic rings. The Kier molecular flexibility index (Phi) is 3.20. The topological polar surface area (TPSA) is 24.9 Å². The number of anilines is 1. The number of pyridine rings is 1. The molecule has 2 nitrogen and oxygen atoms in total. The normalized spacial score (nSPS) is 10.1. The van der Waals surface area contributed by atoms with Crippen molar-refractivity contribution >= 4 is 5.69 Å². The van der Waals surface area contributed by atoms with Crippen LogP contribution in [0.5, 0.6) is 0 Å². The third-order valence-corrected chi connectivity index (χ3v) is 2.66. The monoisotopic (exact) mass is 212 g/mol. The first-order valence-corrected chi connectivity index (χ1v) is 5.47. The molecule has 0 aliphatic carbocycles. The van der Waals surface area contributed by atoms with Crippen LogP contribution in [-0.2, 0) is 6.54 Å². The largest absolute Gasteiger partial charge is 0.380 e. The van der Waals surface area contributed by atoms with Gasteiger partial charge in [0.15, 0.2) is 0 Å². The highest BCUT2D eigenvalue weighted by molar-refractivity contribution is 5.42. The molecule has 0 spiro atoms. The minimum Gasteiger partial charge on any atom is -0.380 e. The maximum Gasteiger partial charge on any atom is 0.0529 e. The zero-order valence-electron chi connectivity index (χ0n) is 9.70. The van der Waals surface area contributed by atoms with Crippen molar-refractivity contribution in [3.63, 3.8) is 0 Å². The number of hydrogen-bond donors (Lipinski definition) is 1. The number of benzene rings is 1. The minimum absolute atomic E-state index is 0.845. The lowest BCUT2D eigenvalue weighted by molar-refractivity contribution is 1.10. The number of nitrogens with one attached hydrogen (secondary N) is 1. The van der Waals surface area contributed by atoms with Gasteiger partial charge in [0, 0.05) is 12.2 Å². The molecule has 0 radical (unpaired) electrons. The van der Waals surface area contributed by atoms with E-state index >= 15 is 0 Å². The van der Waals surface area contributed by atoms with Gasteiger partial charge < -0.3 is 5.32 Å². The Morgan fingerprint density at radius 2 is 1.88 bits per heavy atom. The van der Waals surface area contributed by atoms with Crippen LogP contribution < -0.4 is 5.32 Å². The van der Waals surface area contributed by atoms with Crippen LogP contribution in [0.15, 0.2) is 42.6 Å². The van der Waals surface area contributed by atoms with E-state index in [-0.39, 0.29) is 0 Å². The maximum absolute atomic E-state index is 4.25. The van der Waals surface area contributed by atoms with Crippen LogP contribution >= 0.6 is 0 Å². The van der Waals surface area contributed by atoms with Gasteiger partial charge in [-0.3, -0.25) is 4.98 Å². The zero-order chi connectivity index (χ0) is 11.4. The first kappa shape index (κ1) is 10.7. The maximum atomic E-state index is 4.25. The Balaban J connectivity index is 2.02. The highest BCUT2D eigenvalue weighted by atomic mass is 14.9. The molecule has 0 saturated heterocycles. The Morgan fingerprint density at radius 1 is 1.06 bits per heavy atom. The van der Waals surface area contributed by atoms with Gasteiger partial charge in [-0.05, 0) is 37.1 Å². The molecule has 1 aromatic heterocycles. The smallest absolute Gasteiger partial charge is 0.0529 e. The molecule has 2 rings (SSSR count). The Bertz CT molecular complexity index is 460. The first-order valence-electron chi connectivity index (χ1n) is 5.47.